The molecule has 2 aliphatic rings. The van der Waals surface area contributed by atoms with Crippen molar-refractivity contribution in [1.29, 1.82) is 0 Å². The first-order valence-corrected chi connectivity index (χ1v) is 7.87. The van der Waals surface area contributed by atoms with Gasteiger partial charge in [-0.15, -0.1) is 0 Å². The average Bonchev–Trinajstić information content (AvgIpc) is 2.67. The number of amides is 1. The summed E-state index contributed by atoms with van der Waals surface area (Å²) in [7, 11) is 0. The van der Waals surface area contributed by atoms with Crippen LogP contribution in [0.3, 0.4) is 0 Å². The third-order valence-electron chi connectivity index (χ3n) is 5.44. The fourth-order valence-electron chi connectivity index (χ4n) is 4.18. The van der Waals surface area contributed by atoms with Gasteiger partial charge in [-0.2, -0.15) is 0 Å². The van der Waals surface area contributed by atoms with Crippen molar-refractivity contribution in [2.75, 3.05) is 23.7 Å². The maximum Gasteiger partial charge on any atom is 0.407 e. The number of carbonyl (C=O) groups is 1. The molecule has 2 fully saturated rings. The molecule has 2 saturated heterocycles. The minimum Gasteiger partial charge on any atom is -0.465 e. The largest absolute Gasteiger partial charge is 0.465 e. The topological polar surface area (TPSA) is 69.8 Å². The number of piperazine rings is 1. The molecule has 3 N–H and O–H groups in total. The van der Waals surface area contributed by atoms with Crippen molar-refractivity contribution >= 4 is 17.5 Å². The molecule has 1 aromatic carbocycles. The Balaban J connectivity index is 2.05. The molecule has 2 aliphatic heterocycles. The number of nitrogens with two attached hydrogens (primary N) is 1. The average molecular weight is 303 g/mol. The Labute approximate surface area is 131 Å². The van der Waals surface area contributed by atoms with Crippen molar-refractivity contribution in [3.8, 4) is 0 Å². The van der Waals surface area contributed by atoms with Crippen LogP contribution in [0, 0.1) is 5.41 Å². The fraction of sp³-hybridized carbons (Fsp3) is 0.588. The fourth-order valence-corrected chi connectivity index (χ4v) is 4.18. The summed E-state index contributed by atoms with van der Waals surface area (Å²) in [6.45, 7) is 7.78. The zero-order valence-corrected chi connectivity index (χ0v) is 13.5. The Morgan fingerprint density at radius 3 is 2.50 bits per heavy atom. The number of nitrogens with zero attached hydrogens (tertiary/aromatic N) is 2. The number of rotatable bonds is 1. The zero-order valence-electron chi connectivity index (χ0n) is 13.5. The van der Waals surface area contributed by atoms with Crippen LogP contribution in [0.25, 0.3) is 0 Å². The zero-order chi connectivity index (χ0) is 16.1. The van der Waals surface area contributed by atoms with E-state index in [1.165, 1.54) is 0 Å². The van der Waals surface area contributed by atoms with Crippen LogP contribution < -0.4 is 10.6 Å². The highest BCUT2D eigenvalue weighted by Crippen LogP contribution is 2.51. The van der Waals surface area contributed by atoms with Gasteiger partial charge in [0.25, 0.3) is 0 Å². The van der Waals surface area contributed by atoms with Gasteiger partial charge in [-0.1, -0.05) is 20.8 Å². The lowest BCUT2D eigenvalue weighted by Gasteiger charge is -2.56. The van der Waals surface area contributed by atoms with Crippen LogP contribution in [0.15, 0.2) is 24.3 Å². The number of nitrogen functional groups attached to an aromatic ring is 1. The van der Waals surface area contributed by atoms with E-state index in [0.29, 0.717) is 13.1 Å². The highest BCUT2D eigenvalue weighted by Gasteiger charge is 2.57. The molecule has 120 valence electrons. The van der Waals surface area contributed by atoms with Gasteiger partial charge in [0.2, 0.25) is 0 Å². The summed E-state index contributed by atoms with van der Waals surface area (Å²) in [5.74, 6) is 0. The lowest BCUT2D eigenvalue weighted by Crippen LogP contribution is -2.67. The number of fused-ring (bicyclic) bond motifs is 2. The number of anilines is 2. The molecule has 0 saturated carbocycles. The van der Waals surface area contributed by atoms with E-state index in [2.05, 4.69) is 37.8 Å². The van der Waals surface area contributed by atoms with Crippen molar-refractivity contribution < 1.29 is 9.90 Å². The Hall–Kier alpha value is -1.91. The first-order valence-electron chi connectivity index (χ1n) is 7.87. The lowest BCUT2D eigenvalue weighted by molar-refractivity contribution is 0.0795. The van der Waals surface area contributed by atoms with E-state index >= 15 is 0 Å². The molecular weight excluding hydrogens is 278 g/mol. The Morgan fingerprint density at radius 2 is 1.95 bits per heavy atom. The van der Waals surface area contributed by atoms with Crippen molar-refractivity contribution in [3.63, 3.8) is 0 Å². The maximum absolute atomic E-state index is 11.5. The van der Waals surface area contributed by atoms with Gasteiger partial charge in [0.15, 0.2) is 0 Å². The van der Waals surface area contributed by atoms with Crippen LogP contribution >= 0.6 is 0 Å². The van der Waals surface area contributed by atoms with E-state index in [-0.39, 0.29) is 17.0 Å². The van der Waals surface area contributed by atoms with Crippen molar-refractivity contribution in [2.24, 2.45) is 5.41 Å². The summed E-state index contributed by atoms with van der Waals surface area (Å²) in [6, 6.07) is 8.21. The third-order valence-corrected chi connectivity index (χ3v) is 5.44. The van der Waals surface area contributed by atoms with Crippen LogP contribution in [-0.4, -0.2) is 40.8 Å². The number of hydrogen-bond donors (Lipinski definition) is 2. The SMILES string of the molecule is CC(C)(C)C12CCC(CN(C(=O)O)C1)N2c1ccc(N)cc1. The lowest BCUT2D eigenvalue weighted by atomic mass is 9.71. The number of likely N-dealkylation sites (tertiary alicyclic amines) is 1. The van der Waals surface area contributed by atoms with E-state index in [0.717, 1.165) is 24.2 Å². The molecule has 2 bridgehead atoms. The van der Waals surface area contributed by atoms with Gasteiger partial charge >= 0.3 is 6.09 Å². The Kier molecular flexibility index (Phi) is 3.27. The first kappa shape index (κ1) is 15.0. The van der Waals surface area contributed by atoms with Gasteiger partial charge in [-0.25, -0.2) is 4.79 Å². The Morgan fingerprint density at radius 1 is 1.32 bits per heavy atom. The van der Waals surface area contributed by atoms with Gasteiger partial charge in [0.05, 0.1) is 5.54 Å². The van der Waals surface area contributed by atoms with E-state index in [1.54, 1.807) is 4.90 Å². The van der Waals surface area contributed by atoms with E-state index < -0.39 is 6.09 Å². The third kappa shape index (κ3) is 2.11. The molecule has 2 unspecified atom stereocenters. The molecule has 0 aliphatic carbocycles. The first-order chi connectivity index (χ1) is 10.2. The van der Waals surface area contributed by atoms with E-state index in [9.17, 15) is 9.90 Å². The summed E-state index contributed by atoms with van der Waals surface area (Å²) in [5.41, 5.74) is 7.54. The van der Waals surface area contributed by atoms with Gasteiger partial charge in [0, 0.05) is 30.5 Å². The van der Waals surface area contributed by atoms with Crippen molar-refractivity contribution in [2.45, 2.75) is 45.2 Å². The van der Waals surface area contributed by atoms with Gasteiger partial charge in [-0.3, -0.25) is 0 Å². The number of benzene rings is 1. The molecule has 1 amide bonds. The molecule has 3 rings (SSSR count). The molecule has 5 nitrogen and oxygen atoms in total. The monoisotopic (exact) mass is 303 g/mol. The summed E-state index contributed by atoms with van der Waals surface area (Å²) in [4.78, 5) is 15.6. The maximum atomic E-state index is 11.5. The molecule has 2 heterocycles. The second-order valence-electron chi connectivity index (χ2n) is 7.60. The van der Waals surface area contributed by atoms with Gasteiger partial charge < -0.3 is 20.6 Å². The number of carboxylic acid groups (broad SMARTS) is 1. The molecule has 0 radical (unpaired) electrons. The minimum atomic E-state index is -0.808. The molecule has 2 atom stereocenters. The van der Waals surface area contributed by atoms with Gasteiger partial charge in [0.1, 0.15) is 0 Å². The molecule has 1 aromatic rings. The normalized spacial score (nSPS) is 28.0. The van der Waals surface area contributed by atoms with Crippen LogP contribution in [0.2, 0.25) is 0 Å². The predicted octanol–water partition coefficient (Wildman–Crippen LogP) is 3.02. The molecule has 5 heteroatoms. The van der Waals surface area contributed by atoms with Crippen molar-refractivity contribution in [3.05, 3.63) is 24.3 Å². The smallest absolute Gasteiger partial charge is 0.407 e. The predicted molar refractivity (Wildman–Crippen MR) is 88.1 cm³/mol. The Bertz CT molecular complexity index is 579. The minimum absolute atomic E-state index is 0.0166. The molecule has 0 spiro atoms. The van der Waals surface area contributed by atoms with Crippen LogP contribution in [-0.2, 0) is 0 Å². The molecular formula is C17H25N3O2. The highest BCUT2D eigenvalue weighted by molar-refractivity contribution is 5.67. The quantitative estimate of drug-likeness (QED) is 0.782. The summed E-state index contributed by atoms with van der Waals surface area (Å²) >= 11 is 0. The van der Waals surface area contributed by atoms with E-state index in [1.807, 2.05) is 12.1 Å². The molecule has 0 aromatic heterocycles. The summed E-state index contributed by atoms with van der Waals surface area (Å²) in [5, 5.41) is 9.47. The van der Waals surface area contributed by atoms with Crippen LogP contribution in [0.4, 0.5) is 16.2 Å². The summed E-state index contributed by atoms with van der Waals surface area (Å²) < 4.78 is 0. The van der Waals surface area contributed by atoms with Crippen LogP contribution in [0.5, 0.6) is 0 Å². The second kappa shape index (κ2) is 4.80. The second-order valence-corrected chi connectivity index (χ2v) is 7.60. The van der Waals surface area contributed by atoms with E-state index in [4.69, 9.17) is 5.73 Å². The van der Waals surface area contributed by atoms with Crippen molar-refractivity contribution in [1.82, 2.24) is 4.90 Å². The molecule has 22 heavy (non-hydrogen) atoms. The highest BCUT2D eigenvalue weighted by atomic mass is 16.4. The number of hydrogen-bond acceptors (Lipinski definition) is 3. The summed E-state index contributed by atoms with van der Waals surface area (Å²) in [6.07, 6.45) is 1.25. The van der Waals surface area contributed by atoms with Gasteiger partial charge in [-0.05, 0) is 42.5 Å². The standard InChI is InChI=1S/C17H25N3O2/c1-16(2,3)17-9-8-14(10-19(11-17)15(21)22)20(17)13-6-4-12(18)5-7-13/h4-7,14H,8-11,18H2,1-3H3,(H,21,22). The van der Waals surface area contributed by atoms with Crippen LogP contribution in [0.1, 0.15) is 33.6 Å².